The van der Waals surface area contributed by atoms with Crippen LogP contribution < -0.4 is 10.1 Å². The maximum Gasteiger partial charge on any atom is 0.276 e. The van der Waals surface area contributed by atoms with Crippen molar-refractivity contribution in [1.82, 2.24) is 10.2 Å². The Morgan fingerprint density at radius 2 is 1.90 bits per heavy atom. The van der Waals surface area contributed by atoms with Gasteiger partial charge in [-0.3, -0.25) is 4.79 Å². The predicted molar refractivity (Wildman–Crippen MR) is 81.6 cm³/mol. The molecule has 0 aliphatic rings. The number of methoxy groups -OCH3 is 1. The van der Waals surface area contributed by atoms with E-state index in [4.69, 9.17) is 4.74 Å². The number of amides is 1. The van der Waals surface area contributed by atoms with E-state index in [0.717, 1.165) is 12.1 Å². The Morgan fingerprint density at radius 1 is 1.14 bits per heavy atom. The van der Waals surface area contributed by atoms with Crippen molar-refractivity contribution in [3.05, 3.63) is 47.7 Å². The molecule has 110 valence electrons. The maximum atomic E-state index is 12.0. The zero-order chi connectivity index (χ0) is 15.1. The first-order chi connectivity index (χ1) is 10.2. The van der Waals surface area contributed by atoms with Gasteiger partial charge in [-0.25, -0.2) is 0 Å². The lowest BCUT2D eigenvalue weighted by molar-refractivity contribution is 0.102. The topological polar surface area (TPSA) is 64.1 Å². The molecule has 1 heterocycles. The molecule has 0 atom stereocenters. The number of unbranched alkanes of at least 4 members (excludes halogenated alkanes) is 1. The summed E-state index contributed by atoms with van der Waals surface area (Å²) in [5.41, 5.74) is 2.28. The van der Waals surface area contributed by atoms with Gasteiger partial charge in [0.05, 0.1) is 7.11 Å². The van der Waals surface area contributed by atoms with Crippen LogP contribution in [0.4, 0.5) is 5.69 Å². The van der Waals surface area contributed by atoms with Crippen molar-refractivity contribution in [2.45, 2.75) is 26.2 Å². The summed E-state index contributed by atoms with van der Waals surface area (Å²) >= 11 is 0. The summed E-state index contributed by atoms with van der Waals surface area (Å²) < 4.78 is 4.91. The Bertz CT molecular complexity index is 579. The molecule has 2 aromatic rings. The summed E-state index contributed by atoms with van der Waals surface area (Å²) in [6, 6.07) is 11.1. The standard InChI is InChI=1S/C16H19N3O2/c1-3-4-5-12-6-8-13(9-7-12)17-16(20)14-10-11-15(21-2)19-18-14/h6-11H,3-5H2,1-2H3,(H,17,20). The fourth-order valence-corrected chi connectivity index (χ4v) is 1.88. The SMILES string of the molecule is CCCCc1ccc(NC(=O)c2ccc(OC)nn2)cc1. The molecule has 21 heavy (non-hydrogen) atoms. The Morgan fingerprint density at radius 3 is 2.48 bits per heavy atom. The number of aryl methyl sites for hydroxylation is 1. The molecule has 1 aromatic heterocycles. The van der Waals surface area contributed by atoms with Gasteiger partial charge in [-0.15, -0.1) is 10.2 Å². The van der Waals surface area contributed by atoms with Crippen molar-refractivity contribution < 1.29 is 9.53 Å². The summed E-state index contributed by atoms with van der Waals surface area (Å²) in [6.07, 6.45) is 3.41. The molecule has 1 amide bonds. The second kappa shape index (κ2) is 7.38. The number of carbonyl (C=O) groups is 1. The van der Waals surface area contributed by atoms with Crippen molar-refractivity contribution in [2.24, 2.45) is 0 Å². The highest BCUT2D eigenvalue weighted by atomic mass is 16.5. The van der Waals surface area contributed by atoms with Crippen LogP contribution in [-0.4, -0.2) is 23.2 Å². The maximum absolute atomic E-state index is 12.0. The molecule has 2 rings (SSSR count). The number of rotatable bonds is 6. The largest absolute Gasteiger partial charge is 0.480 e. The van der Waals surface area contributed by atoms with Crippen LogP contribution >= 0.6 is 0 Å². The summed E-state index contributed by atoms with van der Waals surface area (Å²) in [5.74, 6) is 0.0956. The minimum atomic E-state index is -0.286. The zero-order valence-corrected chi connectivity index (χ0v) is 12.3. The highest BCUT2D eigenvalue weighted by Crippen LogP contribution is 2.13. The molecular formula is C16H19N3O2. The third-order valence-electron chi connectivity index (χ3n) is 3.11. The first-order valence-corrected chi connectivity index (χ1v) is 7.01. The van der Waals surface area contributed by atoms with Crippen molar-refractivity contribution in [2.75, 3.05) is 12.4 Å². The molecule has 1 N–H and O–H groups in total. The van der Waals surface area contributed by atoms with Crippen LogP contribution in [0.15, 0.2) is 36.4 Å². The summed E-state index contributed by atoms with van der Waals surface area (Å²) in [6.45, 7) is 2.17. The van der Waals surface area contributed by atoms with Gasteiger partial charge in [0, 0.05) is 11.8 Å². The van der Waals surface area contributed by atoms with Gasteiger partial charge in [0.1, 0.15) is 0 Å². The van der Waals surface area contributed by atoms with Gasteiger partial charge in [-0.1, -0.05) is 25.5 Å². The molecule has 0 unspecified atom stereocenters. The average molecular weight is 285 g/mol. The molecule has 0 aliphatic carbocycles. The van der Waals surface area contributed by atoms with Crippen LogP contribution in [0.5, 0.6) is 5.88 Å². The van der Waals surface area contributed by atoms with Gasteiger partial charge in [0.25, 0.3) is 5.91 Å². The molecule has 0 radical (unpaired) electrons. The van der Waals surface area contributed by atoms with E-state index in [0.29, 0.717) is 5.88 Å². The molecule has 0 saturated carbocycles. The third kappa shape index (κ3) is 4.27. The molecule has 5 heteroatoms. The van der Waals surface area contributed by atoms with Gasteiger partial charge in [0.2, 0.25) is 5.88 Å². The van der Waals surface area contributed by atoms with E-state index in [1.165, 1.54) is 25.5 Å². The van der Waals surface area contributed by atoms with Crippen molar-refractivity contribution in [1.29, 1.82) is 0 Å². The van der Waals surface area contributed by atoms with E-state index in [9.17, 15) is 4.79 Å². The smallest absolute Gasteiger partial charge is 0.276 e. The summed E-state index contributed by atoms with van der Waals surface area (Å²) in [5, 5.41) is 10.4. The van der Waals surface area contributed by atoms with Crippen LogP contribution in [0.2, 0.25) is 0 Å². The summed E-state index contributed by atoms with van der Waals surface area (Å²) in [4.78, 5) is 12.0. The van der Waals surface area contributed by atoms with E-state index in [1.54, 1.807) is 12.1 Å². The van der Waals surface area contributed by atoms with Crippen LogP contribution in [0.25, 0.3) is 0 Å². The highest BCUT2D eigenvalue weighted by Gasteiger charge is 2.08. The third-order valence-corrected chi connectivity index (χ3v) is 3.11. The zero-order valence-electron chi connectivity index (χ0n) is 12.3. The molecule has 1 aromatic carbocycles. The van der Waals surface area contributed by atoms with Gasteiger partial charge in [-0.2, -0.15) is 0 Å². The number of hydrogen-bond acceptors (Lipinski definition) is 4. The van der Waals surface area contributed by atoms with Crippen LogP contribution in [-0.2, 0) is 6.42 Å². The Kier molecular flexibility index (Phi) is 5.26. The lowest BCUT2D eigenvalue weighted by Gasteiger charge is -2.06. The lowest BCUT2D eigenvalue weighted by atomic mass is 10.1. The fraction of sp³-hybridized carbons (Fsp3) is 0.312. The minimum Gasteiger partial charge on any atom is -0.480 e. The van der Waals surface area contributed by atoms with Crippen molar-refractivity contribution >= 4 is 11.6 Å². The van der Waals surface area contributed by atoms with Crippen molar-refractivity contribution in [3.8, 4) is 5.88 Å². The van der Waals surface area contributed by atoms with Gasteiger partial charge < -0.3 is 10.1 Å². The number of anilines is 1. The Hall–Kier alpha value is -2.43. The molecule has 0 fully saturated rings. The number of benzene rings is 1. The van der Waals surface area contributed by atoms with E-state index in [2.05, 4.69) is 22.4 Å². The number of ether oxygens (including phenoxy) is 1. The quantitative estimate of drug-likeness (QED) is 0.886. The van der Waals surface area contributed by atoms with E-state index in [-0.39, 0.29) is 11.6 Å². The van der Waals surface area contributed by atoms with E-state index >= 15 is 0 Å². The first kappa shape index (κ1) is 15.0. The highest BCUT2D eigenvalue weighted by molar-refractivity contribution is 6.02. The minimum absolute atomic E-state index is 0.255. The normalized spacial score (nSPS) is 10.2. The van der Waals surface area contributed by atoms with Gasteiger partial charge in [0.15, 0.2) is 5.69 Å². The summed E-state index contributed by atoms with van der Waals surface area (Å²) in [7, 11) is 1.50. The molecule has 0 bridgehead atoms. The Balaban J connectivity index is 1.98. The lowest BCUT2D eigenvalue weighted by Crippen LogP contribution is -2.14. The molecule has 0 spiro atoms. The molecule has 5 nitrogen and oxygen atoms in total. The van der Waals surface area contributed by atoms with Gasteiger partial charge >= 0.3 is 0 Å². The predicted octanol–water partition coefficient (Wildman–Crippen LogP) is 3.08. The second-order valence-electron chi connectivity index (χ2n) is 4.72. The van der Waals surface area contributed by atoms with Gasteiger partial charge in [-0.05, 0) is 36.6 Å². The van der Waals surface area contributed by atoms with Crippen LogP contribution in [0.3, 0.4) is 0 Å². The number of aromatic nitrogens is 2. The van der Waals surface area contributed by atoms with Crippen LogP contribution in [0.1, 0.15) is 35.8 Å². The number of nitrogens with one attached hydrogen (secondary N) is 1. The Labute approximate surface area is 124 Å². The van der Waals surface area contributed by atoms with E-state index < -0.39 is 0 Å². The average Bonchev–Trinajstić information content (AvgIpc) is 2.54. The van der Waals surface area contributed by atoms with Crippen LogP contribution in [0, 0.1) is 0 Å². The monoisotopic (exact) mass is 285 g/mol. The molecule has 0 saturated heterocycles. The van der Waals surface area contributed by atoms with E-state index in [1.807, 2.05) is 24.3 Å². The number of carbonyl (C=O) groups excluding carboxylic acids is 1. The fourth-order valence-electron chi connectivity index (χ4n) is 1.88. The number of hydrogen-bond donors (Lipinski definition) is 1. The number of nitrogens with zero attached hydrogens (tertiary/aromatic N) is 2. The first-order valence-electron chi connectivity index (χ1n) is 7.01. The van der Waals surface area contributed by atoms with Crippen molar-refractivity contribution in [3.63, 3.8) is 0 Å². The molecule has 0 aliphatic heterocycles. The molecular weight excluding hydrogens is 266 g/mol. The second-order valence-corrected chi connectivity index (χ2v) is 4.72.